The average molecular weight is 310 g/mol. The van der Waals surface area contributed by atoms with Crippen LogP contribution >= 0.6 is 11.8 Å². The number of benzene rings is 1. The van der Waals surface area contributed by atoms with Crippen molar-refractivity contribution in [2.24, 2.45) is 10.1 Å². The third-order valence-electron chi connectivity index (χ3n) is 2.92. The Hall–Kier alpha value is -2.77. The number of anilines is 1. The van der Waals surface area contributed by atoms with Crippen molar-refractivity contribution in [1.29, 1.82) is 10.5 Å². The van der Waals surface area contributed by atoms with E-state index in [2.05, 4.69) is 27.5 Å². The second-order valence-corrected chi connectivity index (χ2v) is 4.99. The molecule has 1 heterocycles. The van der Waals surface area contributed by atoms with Crippen LogP contribution in [0.2, 0.25) is 0 Å². The predicted molar refractivity (Wildman–Crippen MR) is 89.2 cm³/mol. The van der Waals surface area contributed by atoms with Gasteiger partial charge in [0, 0.05) is 6.21 Å². The van der Waals surface area contributed by atoms with E-state index in [0.29, 0.717) is 34.4 Å². The van der Waals surface area contributed by atoms with E-state index < -0.39 is 0 Å². The molecule has 0 bridgehead atoms. The Morgan fingerprint density at radius 3 is 2.77 bits per heavy atom. The zero-order valence-corrected chi connectivity index (χ0v) is 13.1. The first-order valence-corrected chi connectivity index (χ1v) is 7.73. The van der Waals surface area contributed by atoms with E-state index in [1.807, 2.05) is 12.3 Å². The Kier molecular flexibility index (Phi) is 5.18. The molecule has 0 aliphatic carbocycles. The summed E-state index contributed by atoms with van der Waals surface area (Å²) in [6, 6.07) is 11.4. The second kappa shape index (κ2) is 7.30. The van der Waals surface area contributed by atoms with Gasteiger partial charge in [0.05, 0.1) is 11.3 Å². The maximum atomic E-state index is 9.47. The van der Waals surface area contributed by atoms with Crippen LogP contribution in [0.4, 0.5) is 5.69 Å². The van der Waals surface area contributed by atoms with Crippen LogP contribution in [0.5, 0.6) is 0 Å². The molecule has 1 aliphatic heterocycles. The van der Waals surface area contributed by atoms with Gasteiger partial charge in [0.25, 0.3) is 0 Å². The summed E-state index contributed by atoms with van der Waals surface area (Å²) in [5.41, 5.74) is 1.55. The van der Waals surface area contributed by atoms with Gasteiger partial charge in [-0.15, -0.1) is 11.8 Å². The van der Waals surface area contributed by atoms with Gasteiger partial charge in [-0.05, 0) is 25.3 Å². The van der Waals surface area contributed by atoms with Crippen LogP contribution < -0.4 is 5.32 Å². The monoisotopic (exact) mass is 310 g/mol. The normalized spacial score (nSPS) is 14.5. The number of thioether (sulfide) groups is 1. The first kappa shape index (κ1) is 15.6. The molecule has 0 aromatic heterocycles. The number of para-hydroxylation sites is 1. The van der Waals surface area contributed by atoms with E-state index in [-0.39, 0.29) is 0 Å². The summed E-state index contributed by atoms with van der Waals surface area (Å²) in [5.74, 6) is 0.530. The summed E-state index contributed by atoms with van der Waals surface area (Å²) in [4.78, 5) is 4.34. The molecule has 0 amide bonds. The molecule has 7 heteroatoms. The molecule has 0 fully saturated rings. The van der Waals surface area contributed by atoms with Crippen molar-refractivity contribution in [3.05, 3.63) is 41.2 Å². The van der Waals surface area contributed by atoms with Crippen LogP contribution in [0.3, 0.4) is 0 Å². The highest BCUT2D eigenvalue weighted by Crippen LogP contribution is 2.25. The van der Waals surface area contributed by atoms with Crippen LogP contribution in [0.25, 0.3) is 0 Å². The molecule has 22 heavy (non-hydrogen) atoms. The van der Waals surface area contributed by atoms with E-state index in [1.165, 1.54) is 11.8 Å². The minimum atomic E-state index is 0.322. The molecule has 0 saturated carbocycles. The van der Waals surface area contributed by atoms with Crippen LogP contribution in [0.1, 0.15) is 12.5 Å². The minimum absolute atomic E-state index is 0.322. The zero-order chi connectivity index (χ0) is 15.9. The summed E-state index contributed by atoms with van der Waals surface area (Å²) >= 11 is 1.41. The summed E-state index contributed by atoms with van der Waals surface area (Å²) in [6.07, 6.45) is 3.50. The van der Waals surface area contributed by atoms with Crippen LogP contribution in [0, 0.1) is 22.7 Å². The molecule has 1 N–H and O–H groups in total. The van der Waals surface area contributed by atoms with E-state index in [9.17, 15) is 10.5 Å². The van der Waals surface area contributed by atoms with Gasteiger partial charge in [0.1, 0.15) is 35.2 Å². The molecule has 0 spiro atoms. The molecular weight excluding hydrogens is 296 g/mol. The highest BCUT2D eigenvalue weighted by molar-refractivity contribution is 8.13. The zero-order valence-electron chi connectivity index (χ0n) is 12.2. The summed E-state index contributed by atoms with van der Waals surface area (Å²) in [6.45, 7) is 2.11. The third kappa shape index (κ3) is 3.11. The fourth-order valence-corrected chi connectivity index (χ4v) is 2.49. The fraction of sp³-hybridized carbons (Fsp3) is 0.200. The van der Waals surface area contributed by atoms with Crippen molar-refractivity contribution in [2.75, 3.05) is 18.2 Å². The number of aliphatic imine (C=N–C) groups is 1. The quantitative estimate of drug-likeness (QED) is 0.867. The number of nitriles is 2. The van der Waals surface area contributed by atoms with Gasteiger partial charge in [-0.2, -0.15) is 15.6 Å². The molecular formula is C15H14N6S. The lowest BCUT2D eigenvalue weighted by Crippen LogP contribution is -2.30. The van der Waals surface area contributed by atoms with Crippen molar-refractivity contribution in [2.45, 2.75) is 6.92 Å². The van der Waals surface area contributed by atoms with Gasteiger partial charge >= 0.3 is 0 Å². The standard InChI is InChI=1S/C15H14N6S/c1-3-19-21-10-18-15(22-2)12(9-17)14(21)20-13-7-5-4-6-11(13)8-16/h3-7,20H,10H2,1-2H3/b19-3-. The molecule has 0 radical (unpaired) electrons. The number of nitrogens with zero attached hydrogens (tertiary/aromatic N) is 5. The molecule has 110 valence electrons. The molecule has 1 aromatic rings. The van der Waals surface area contributed by atoms with Crippen molar-refractivity contribution in [1.82, 2.24) is 5.01 Å². The van der Waals surface area contributed by atoms with Crippen LogP contribution in [0.15, 0.2) is 45.8 Å². The molecule has 1 aliphatic rings. The van der Waals surface area contributed by atoms with Gasteiger partial charge in [0.2, 0.25) is 0 Å². The van der Waals surface area contributed by atoms with Crippen LogP contribution in [-0.2, 0) is 0 Å². The van der Waals surface area contributed by atoms with Crippen LogP contribution in [-0.4, -0.2) is 29.2 Å². The maximum Gasteiger partial charge on any atom is 0.150 e. The maximum absolute atomic E-state index is 9.47. The minimum Gasteiger partial charge on any atom is -0.338 e. The lowest BCUT2D eigenvalue weighted by Gasteiger charge is -2.27. The van der Waals surface area contributed by atoms with Crippen molar-refractivity contribution < 1.29 is 0 Å². The number of nitrogens with one attached hydrogen (secondary N) is 1. The summed E-state index contributed by atoms with van der Waals surface area (Å²) in [5, 5.41) is 28.3. The number of hydrogen-bond donors (Lipinski definition) is 1. The van der Waals surface area contributed by atoms with Crippen molar-refractivity contribution in [3.8, 4) is 12.1 Å². The number of hydrazone groups is 1. The van der Waals surface area contributed by atoms with E-state index in [1.54, 1.807) is 36.3 Å². The lowest BCUT2D eigenvalue weighted by atomic mass is 10.2. The Bertz CT molecular complexity index is 735. The van der Waals surface area contributed by atoms with Crippen molar-refractivity contribution in [3.63, 3.8) is 0 Å². The van der Waals surface area contributed by atoms with E-state index in [0.717, 1.165) is 0 Å². The summed E-state index contributed by atoms with van der Waals surface area (Å²) < 4.78 is 0. The Balaban J connectivity index is 2.50. The third-order valence-corrected chi connectivity index (χ3v) is 3.64. The number of rotatable bonds is 3. The average Bonchev–Trinajstić information content (AvgIpc) is 2.56. The Morgan fingerprint density at radius 2 is 2.14 bits per heavy atom. The second-order valence-electron chi connectivity index (χ2n) is 4.20. The highest BCUT2D eigenvalue weighted by Gasteiger charge is 2.23. The van der Waals surface area contributed by atoms with Gasteiger partial charge in [-0.3, -0.25) is 4.99 Å². The van der Waals surface area contributed by atoms with E-state index in [4.69, 9.17) is 0 Å². The molecule has 0 saturated heterocycles. The fourth-order valence-electron chi connectivity index (χ4n) is 1.96. The lowest BCUT2D eigenvalue weighted by molar-refractivity contribution is 0.377. The highest BCUT2D eigenvalue weighted by atomic mass is 32.2. The number of hydrogen-bond acceptors (Lipinski definition) is 7. The van der Waals surface area contributed by atoms with Gasteiger partial charge in [-0.25, -0.2) is 5.01 Å². The smallest absolute Gasteiger partial charge is 0.150 e. The Morgan fingerprint density at radius 1 is 1.36 bits per heavy atom. The molecule has 0 unspecified atom stereocenters. The van der Waals surface area contributed by atoms with Crippen molar-refractivity contribution >= 4 is 28.7 Å². The van der Waals surface area contributed by atoms with E-state index >= 15 is 0 Å². The first-order chi connectivity index (χ1) is 10.7. The predicted octanol–water partition coefficient (Wildman–Crippen LogP) is 2.75. The largest absolute Gasteiger partial charge is 0.338 e. The topological polar surface area (TPSA) is 87.6 Å². The Labute approximate surface area is 133 Å². The SMILES string of the molecule is C/C=N\N1CN=C(SC)C(C#N)=C1Nc1ccccc1C#N. The van der Waals surface area contributed by atoms with Gasteiger partial charge < -0.3 is 5.32 Å². The molecule has 1 aromatic carbocycles. The van der Waals surface area contributed by atoms with Gasteiger partial charge in [0.15, 0.2) is 0 Å². The first-order valence-electron chi connectivity index (χ1n) is 6.50. The summed E-state index contributed by atoms with van der Waals surface area (Å²) in [7, 11) is 0. The molecule has 0 atom stereocenters. The van der Waals surface area contributed by atoms with Gasteiger partial charge in [-0.1, -0.05) is 12.1 Å². The molecule has 2 rings (SSSR count). The molecule has 6 nitrogen and oxygen atoms in total.